The van der Waals surface area contributed by atoms with E-state index < -0.39 is 18.3 Å². The zero-order valence-electron chi connectivity index (χ0n) is 10.5. The topological polar surface area (TPSA) is 57.4 Å². The highest BCUT2D eigenvalue weighted by Crippen LogP contribution is 2.36. The van der Waals surface area contributed by atoms with Gasteiger partial charge in [0, 0.05) is 5.69 Å². The van der Waals surface area contributed by atoms with Gasteiger partial charge < -0.3 is 15.0 Å². The SMILES string of the molecule is CC1(C)OB(c2nc(Cl)ccc2N)OC1(C)C. The summed E-state index contributed by atoms with van der Waals surface area (Å²) in [5, 5.41) is 0.379. The molecule has 2 rings (SSSR count). The van der Waals surface area contributed by atoms with Crippen LogP contribution < -0.4 is 11.3 Å². The maximum Gasteiger partial charge on any atom is 0.516 e. The van der Waals surface area contributed by atoms with Gasteiger partial charge in [-0.15, -0.1) is 0 Å². The monoisotopic (exact) mass is 254 g/mol. The van der Waals surface area contributed by atoms with Crippen molar-refractivity contribution in [2.45, 2.75) is 38.9 Å². The lowest BCUT2D eigenvalue weighted by molar-refractivity contribution is 0.00578. The first-order valence-electron chi connectivity index (χ1n) is 5.50. The van der Waals surface area contributed by atoms with Crippen LogP contribution in [-0.4, -0.2) is 23.3 Å². The van der Waals surface area contributed by atoms with E-state index in [2.05, 4.69) is 4.98 Å². The van der Waals surface area contributed by atoms with Gasteiger partial charge in [-0.3, -0.25) is 0 Å². The Morgan fingerprint density at radius 3 is 2.24 bits per heavy atom. The largest absolute Gasteiger partial charge is 0.516 e. The Morgan fingerprint density at radius 2 is 1.71 bits per heavy atom. The van der Waals surface area contributed by atoms with Gasteiger partial charge in [-0.25, -0.2) is 4.98 Å². The summed E-state index contributed by atoms with van der Waals surface area (Å²) >= 11 is 5.86. The Bertz CT molecular complexity index is 435. The third-order valence-corrected chi connectivity index (χ3v) is 3.61. The van der Waals surface area contributed by atoms with Crippen molar-refractivity contribution in [2.24, 2.45) is 0 Å². The molecule has 1 aliphatic heterocycles. The van der Waals surface area contributed by atoms with Gasteiger partial charge in [-0.2, -0.15) is 0 Å². The molecule has 2 heterocycles. The lowest BCUT2D eigenvalue weighted by Crippen LogP contribution is -2.41. The van der Waals surface area contributed by atoms with Crippen LogP contribution in [0.15, 0.2) is 12.1 Å². The first-order chi connectivity index (χ1) is 7.73. The molecule has 0 amide bonds. The molecule has 2 N–H and O–H groups in total. The molecule has 0 spiro atoms. The van der Waals surface area contributed by atoms with E-state index in [4.69, 9.17) is 26.6 Å². The molecule has 0 aliphatic carbocycles. The average Bonchev–Trinajstić information content (AvgIpc) is 2.40. The van der Waals surface area contributed by atoms with Gasteiger partial charge in [0.15, 0.2) is 0 Å². The molecule has 0 radical (unpaired) electrons. The Kier molecular flexibility index (Phi) is 2.88. The molecule has 92 valence electrons. The second-order valence-electron chi connectivity index (χ2n) is 5.20. The van der Waals surface area contributed by atoms with Gasteiger partial charge in [-0.05, 0) is 39.8 Å². The minimum Gasteiger partial charge on any atom is -0.398 e. The zero-order chi connectivity index (χ0) is 12.8. The number of nitrogens with two attached hydrogens (primary N) is 1. The Labute approximate surface area is 107 Å². The summed E-state index contributed by atoms with van der Waals surface area (Å²) in [5.41, 5.74) is 6.11. The summed E-state index contributed by atoms with van der Waals surface area (Å²) < 4.78 is 11.7. The van der Waals surface area contributed by atoms with E-state index in [1.54, 1.807) is 12.1 Å². The Morgan fingerprint density at radius 1 is 1.18 bits per heavy atom. The highest BCUT2D eigenvalue weighted by atomic mass is 35.5. The van der Waals surface area contributed by atoms with E-state index in [-0.39, 0.29) is 0 Å². The van der Waals surface area contributed by atoms with E-state index in [0.717, 1.165) is 0 Å². The summed E-state index contributed by atoms with van der Waals surface area (Å²) in [6.07, 6.45) is 0. The van der Waals surface area contributed by atoms with Crippen LogP contribution in [0.5, 0.6) is 0 Å². The second kappa shape index (κ2) is 3.87. The van der Waals surface area contributed by atoms with Crippen molar-refractivity contribution in [2.75, 3.05) is 5.73 Å². The standard InChI is InChI=1S/C11H16BClN2O2/c1-10(2)11(3,4)17-12(16-10)9-7(14)5-6-8(13)15-9/h5-6H,14H2,1-4H3. The molecule has 1 fully saturated rings. The number of halogens is 1. The van der Waals surface area contributed by atoms with Crippen molar-refractivity contribution >= 4 is 30.0 Å². The minimum atomic E-state index is -0.571. The van der Waals surface area contributed by atoms with Crippen molar-refractivity contribution in [3.63, 3.8) is 0 Å². The molecule has 1 aromatic rings. The summed E-state index contributed by atoms with van der Waals surface area (Å²) in [6.45, 7) is 7.92. The third kappa shape index (κ3) is 2.15. The second-order valence-corrected chi connectivity index (χ2v) is 5.58. The number of pyridine rings is 1. The summed E-state index contributed by atoms with van der Waals surface area (Å²) in [7, 11) is -0.571. The molecule has 1 aromatic heterocycles. The fraction of sp³-hybridized carbons (Fsp3) is 0.545. The van der Waals surface area contributed by atoms with Gasteiger partial charge >= 0.3 is 7.12 Å². The maximum atomic E-state index is 5.87. The number of hydrogen-bond donors (Lipinski definition) is 1. The van der Waals surface area contributed by atoms with E-state index in [9.17, 15) is 0 Å². The van der Waals surface area contributed by atoms with Crippen LogP contribution in [-0.2, 0) is 9.31 Å². The van der Waals surface area contributed by atoms with Crippen molar-refractivity contribution in [1.82, 2.24) is 4.98 Å². The number of nitrogens with zero attached hydrogens (tertiary/aromatic N) is 1. The van der Waals surface area contributed by atoms with Gasteiger partial charge in [-0.1, -0.05) is 11.6 Å². The van der Waals surface area contributed by atoms with Crippen LogP contribution in [0.3, 0.4) is 0 Å². The van der Waals surface area contributed by atoms with E-state index in [1.165, 1.54) is 0 Å². The lowest BCUT2D eigenvalue weighted by atomic mass is 9.83. The molecule has 0 bridgehead atoms. The zero-order valence-corrected chi connectivity index (χ0v) is 11.2. The van der Waals surface area contributed by atoms with Crippen LogP contribution in [0.4, 0.5) is 5.69 Å². The maximum absolute atomic E-state index is 5.87. The van der Waals surface area contributed by atoms with Gasteiger partial charge in [0.25, 0.3) is 0 Å². The molecular weight excluding hydrogens is 238 g/mol. The number of nitrogen functional groups attached to an aromatic ring is 1. The van der Waals surface area contributed by atoms with E-state index in [0.29, 0.717) is 16.4 Å². The van der Waals surface area contributed by atoms with Crippen LogP contribution in [0.1, 0.15) is 27.7 Å². The van der Waals surface area contributed by atoms with Gasteiger partial charge in [0.1, 0.15) is 5.15 Å². The normalized spacial score (nSPS) is 21.8. The molecule has 1 aliphatic rings. The lowest BCUT2D eigenvalue weighted by Gasteiger charge is -2.32. The highest BCUT2D eigenvalue weighted by molar-refractivity contribution is 6.63. The number of anilines is 1. The Hall–Kier alpha value is -0.775. The fourth-order valence-electron chi connectivity index (χ4n) is 1.60. The molecule has 0 aromatic carbocycles. The van der Waals surface area contributed by atoms with Crippen molar-refractivity contribution in [3.05, 3.63) is 17.3 Å². The van der Waals surface area contributed by atoms with Crippen LogP contribution in [0, 0.1) is 0 Å². The molecule has 6 heteroatoms. The number of hydrogen-bond acceptors (Lipinski definition) is 4. The van der Waals surface area contributed by atoms with Crippen molar-refractivity contribution in [3.8, 4) is 0 Å². The van der Waals surface area contributed by atoms with Crippen LogP contribution in [0.2, 0.25) is 5.15 Å². The van der Waals surface area contributed by atoms with Crippen molar-refractivity contribution < 1.29 is 9.31 Å². The van der Waals surface area contributed by atoms with E-state index in [1.807, 2.05) is 27.7 Å². The fourth-order valence-corrected chi connectivity index (χ4v) is 1.76. The van der Waals surface area contributed by atoms with Crippen LogP contribution >= 0.6 is 11.6 Å². The quantitative estimate of drug-likeness (QED) is 0.611. The smallest absolute Gasteiger partial charge is 0.398 e. The predicted molar refractivity (Wildman–Crippen MR) is 69.4 cm³/mol. The van der Waals surface area contributed by atoms with Gasteiger partial charge in [0.05, 0.1) is 16.8 Å². The van der Waals surface area contributed by atoms with Crippen molar-refractivity contribution in [1.29, 1.82) is 0 Å². The molecular formula is C11H16BClN2O2. The predicted octanol–water partition coefficient (Wildman–Crippen LogP) is 1.62. The van der Waals surface area contributed by atoms with Gasteiger partial charge in [0.2, 0.25) is 0 Å². The first-order valence-corrected chi connectivity index (χ1v) is 5.88. The average molecular weight is 255 g/mol. The minimum absolute atomic E-state index is 0.379. The summed E-state index contributed by atoms with van der Waals surface area (Å²) in [4.78, 5) is 4.18. The molecule has 4 nitrogen and oxygen atoms in total. The first kappa shape index (κ1) is 12.7. The summed E-state index contributed by atoms with van der Waals surface area (Å²) in [6, 6.07) is 3.35. The molecule has 1 saturated heterocycles. The molecule has 0 atom stereocenters. The Balaban J connectivity index is 2.35. The number of aromatic nitrogens is 1. The molecule has 17 heavy (non-hydrogen) atoms. The van der Waals surface area contributed by atoms with Crippen LogP contribution in [0.25, 0.3) is 0 Å². The summed E-state index contributed by atoms with van der Waals surface area (Å²) in [5.74, 6) is 0. The van der Waals surface area contributed by atoms with E-state index >= 15 is 0 Å². The third-order valence-electron chi connectivity index (χ3n) is 3.40. The highest BCUT2D eigenvalue weighted by Gasteiger charge is 2.52. The molecule has 0 saturated carbocycles. The number of rotatable bonds is 1. The molecule has 0 unspecified atom stereocenters.